The number of hydrogen-bond acceptors (Lipinski definition) is 5. The van der Waals surface area contributed by atoms with Crippen LogP contribution in [0.1, 0.15) is 5.56 Å². The van der Waals surface area contributed by atoms with Crippen LogP contribution >= 0.6 is 23.2 Å². The first-order valence-corrected chi connectivity index (χ1v) is 10.4. The molecule has 3 amide bonds. The van der Waals surface area contributed by atoms with Crippen molar-refractivity contribution in [1.82, 2.24) is 5.43 Å². The lowest BCUT2D eigenvalue weighted by molar-refractivity contribution is -0.136. The zero-order valence-electron chi connectivity index (χ0n) is 17.3. The van der Waals surface area contributed by atoms with Crippen LogP contribution in [-0.4, -0.2) is 30.5 Å². The van der Waals surface area contributed by atoms with E-state index in [2.05, 4.69) is 21.2 Å². The van der Waals surface area contributed by atoms with E-state index >= 15 is 0 Å². The Morgan fingerprint density at radius 2 is 1.65 bits per heavy atom. The third kappa shape index (κ3) is 7.29. The molecule has 0 saturated heterocycles. The molecule has 11 heteroatoms. The average molecular weight is 503 g/mol. The highest BCUT2D eigenvalue weighted by molar-refractivity contribution is 6.42. The van der Waals surface area contributed by atoms with Crippen LogP contribution in [-0.2, 0) is 14.4 Å². The standard InChI is InChI=1S/C23H17Cl2FN4O4/c24-17-10-7-15(11-18(17)25)28-21(31)13-34-16-8-5-14(6-9-16)12-27-30-23(33)22(32)29-20-4-2-1-3-19(20)26/h1-12H,13H2,(H,28,31)(H,29,32)(H,30,33)/b27-12-. The number of amides is 3. The zero-order chi connectivity index (χ0) is 24.5. The molecular weight excluding hydrogens is 486 g/mol. The fourth-order valence-corrected chi connectivity index (χ4v) is 2.83. The summed E-state index contributed by atoms with van der Waals surface area (Å²) in [4.78, 5) is 35.6. The lowest BCUT2D eigenvalue weighted by Gasteiger charge is -2.08. The van der Waals surface area contributed by atoms with Gasteiger partial charge in [-0.3, -0.25) is 14.4 Å². The maximum atomic E-state index is 13.5. The van der Waals surface area contributed by atoms with Crippen molar-refractivity contribution in [1.29, 1.82) is 0 Å². The quantitative estimate of drug-likeness (QED) is 0.255. The minimum absolute atomic E-state index is 0.118. The highest BCUT2D eigenvalue weighted by Gasteiger charge is 2.14. The van der Waals surface area contributed by atoms with E-state index in [0.717, 1.165) is 6.07 Å². The summed E-state index contributed by atoms with van der Waals surface area (Å²) in [5.41, 5.74) is 3.00. The van der Waals surface area contributed by atoms with E-state index in [9.17, 15) is 18.8 Å². The molecule has 0 unspecified atom stereocenters. The van der Waals surface area contributed by atoms with Crippen LogP contribution in [0.25, 0.3) is 0 Å². The number of carbonyl (C=O) groups is 3. The van der Waals surface area contributed by atoms with Gasteiger partial charge in [0.05, 0.1) is 21.9 Å². The molecule has 8 nitrogen and oxygen atoms in total. The predicted molar refractivity (Wildman–Crippen MR) is 128 cm³/mol. The van der Waals surface area contributed by atoms with Crippen molar-refractivity contribution in [3.05, 3.63) is 88.2 Å². The van der Waals surface area contributed by atoms with Crippen molar-refractivity contribution in [2.24, 2.45) is 5.10 Å². The highest BCUT2D eigenvalue weighted by Crippen LogP contribution is 2.25. The monoisotopic (exact) mass is 502 g/mol. The Kier molecular flexibility index (Phi) is 8.55. The number of ether oxygens (including phenoxy) is 1. The Morgan fingerprint density at radius 1 is 0.912 bits per heavy atom. The number of carbonyl (C=O) groups excluding carboxylic acids is 3. The molecule has 0 fully saturated rings. The molecule has 0 spiro atoms. The SMILES string of the molecule is O=C(COc1ccc(/C=N\NC(=O)C(=O)Nc2ccccc2F)cc1)Nc1ccc(Cl)c(Cl)c1. The maximum absolute atomic E-state index is 13.5. The molecule has 0 saturated carbocycles. The first-order valence-electron chi connectivity index (χ1n) is 9.68. The van der Waals surface area contributed by atoms with Crippen molar-refractivity contribution >= 4 is 58.5 Å². The minimum Gasteiger partial charge on any atom is -0.484 e. The lowest BCUT2D eigenvalue weighted by atomic mass is 10.2. The second kappa shape index (κ2) is 11.8. The van der Waals surface area contributed by atoms with Gasteiger partial charge >= 0.3 is 11.8 Å². The summed E-state index contributed by atoms with van der Waals surface area (Å²) < 4.78 is 18.9. The Labute approximate surface area is 203 Å². The molecule has 34 heavy (non-hydrogen) atoms. The zero-order valence-corrected chi connectivity index (χ0v) is 18.9. The van der Waals surface area contributed by atoms with Crippen molar-refractivity contribution in [3.63, 3.8) is 0 Å². The lowest BCUT2D eigenvalue weighted by Crippen LogP contribution is -2.32. The van der Waals surface area contributed by atoms with Crippen LogP contribution in [0.15, 0.2) is 71.8 Å². The molecule has 0 heterocycles. The third-order valence-corrected chi connectivity index (χ3v) is 4.90. The molecule has 0 radical (unpaired) electrons. The molecule has 3 aromatic rings. The van der Waals surface area contributed by atoms with Crippen LogP contribution in [0, 0.1) is 5.82 Å². The molecule has 0 aliphatic rings. The fourth-order valence-electron chi connectivity index (χ4n) is 2.53. The van der Waals surface area contributed by atoms with Gasteiger partial charge in [-0.1, -0.05) is 35.3 Å². The summed E-state index contributed by atoms with van der Waals surface area (Å²) in [7, 11) is 0. The number of hydrogen-bond donors (Lipinski definition) is 3. The molecular formula is C23H17Cl2FN4O4. The number of benzene rings is 3. The number of nitrogens with one attached hydrogen (secondary N) is 3. The van der Waals surface area contributed by atoms with E-state index in [1.807, 2.05) is 0 Å². The van der Waals surface area contributed by atoms with E-state index in [-0.39, 0.29) is 18.2 Å². The molecule has 0 aliphatic heterocycles. The Balaban J connectivity index is 1.44. The van der Waals surface area contributed by atoms with Gasteiger partial charge in [-0.2, -0.15) is 5.10 Å². The number of rotatable bonds is 7. The first-order chi connectivity index (χ1) is 16.3. The van der Waals surface area contributed by atoms with Crippen molar-refractivity contribution in [3.8, 4) is 5.75 Å². The number of halogens is 3. The van der Waals surface area contributed by atoms with Gasteiger partial charge in [0.15, 0.2) is 6.61 Å². The van der Waals surface area contributed by atoms with Gasteiger partial charge in [-0.05, 0) is 60.2 Å². The van der Waals surface area contributed by atoms with E-state index < -0.39 is 17.6 Å². The smallest absolute Gasteiger partial charge is 0.329 e. The third-order valence-electron chi connectivity index (χ3n) is 4.16. The molecule has 3 N–H and O–H groups in total. The first kappa shape index (κ1) is 24.7. The topological polar surface area (TPSA) is 109 Å². The second-order valence-corrected chi connectivity index (χ2v) is 7.48. The average Bonchev–Trinajstić information content (AvgIpc) is 2.82. The van der Waals surface area contributed by atoms with Gasteiger partial charge in [-0.15, -0.1) is 0 Å². The molecule has 0 aromatic heterocycles. The van der Waals surface area contributed by atoms with Gasteiger partial charge < -0.3 is 15.4 Å². The van der Waals surface area contributed by atoms with E-state index in [1.54, 1.807) is 36.4 Å². The predicted octanol–water partition coefficient (Wildman–Crippen LogP) is 4.24. The van der Waals surface area contributed by atoms with E-state index in [1.165, 1.54) is 30.5 Å². The van der Waals surface area contributed by atoms with Crippen LogP contribution in [0.3, 0.4) is 0 Å². The van der Waals surface area contributed by atoms with E-state index in [4.69, 9.17) is 27.9 Å². The normalized spacial score (nSPS) is 10.6. The summed E-state index contributed by atoms with van der Waals surface area (Å²) in [6, 6.07) is 16.6. The van der Waals surface area contributed by atoms with Gasteiger partial charge in [0.1, 0.15) is 11.6 Å². The Hall–Kier alpha value is -3.95. The Morgan fingerprint density at radius 3 is 2.35 bits per heavy atom. The molecule has 174 valence electrons. The number of para-hydroxylation sites is 1. The largest absolute Gasteiger partial charge is 0.484 e. The summed E-state index contributed by atoms with van der Waals surface area (Å²) in [6.45, 7) is -0.235. The fraction of sp³-hybridized carbons (Fsp3) is 0.0435. The minimum atomic E-state index is -1.06. The van der Waals surface area contributed by atoms with Crippen LogP contribution in [0.2, 0.25) is 10.0 Å². The molecule has 3 rings (SSSR count). The van der Waals surface area contributed by atoms with Crippen molar-refractivity contribution in [2.75, 3.05) is 17.2 Å². The number of nitrogens with zero attached hydrogens (tertiary/aromatic N) is 1. The molecule has 0 bridgehead atoms. The van der Waals surface area contributed by atoms with Crippen LogP contribution in [0.5, 0.6) is 5.75 Å². The van der Waals surface area contributed by atoms with Gasteiger partial charge in [0.2, 0.25) is 0 Å². The van der Waals surface area contributed by atoms with E-state index in [0.29, 0.717) is 27.0 Å². The van der Waals surface area contributed by atoms with Gasteiger partial charge in [-0.25, -0.2) is 9.82 Å². The summed E-state index contributed by atoms with van der Waals surface area (Å²) in [5.74, 6) is -2.76. The van der Waals surface area contributed by atoms with Crippen molar-refractivity contribution < 1.29 is 23.5 Å². The molecule has 0 atom stereocenters. The summed E-state index contributed by atoms with van der Waals surface area (Å²) in [5, 5.41) is 9.17. The van der Waals surface area contributed by atoms with Crippen LogP contribution < -0.4 is 20.8 Å². The number of anilines is 2. The second-order valence-electron chi connectivity index (χ2n) is 6.67. The Bertz CT molecular complexity index is 1240. The van der Waals surface area contributed by atoms with Crippen molar-refractivity contribution in [2.45, 2.75) is 0 Å². The summed E-state index contributed by atoms with van der Waals surface area (Å²) >= 11 is 11.7. The van der Waals surface area contributed by atoms with Gasteiger partial charge in [0, 0.05) is 5.69 Å². The summed E-state index contributed by atoms with van der Waals surface area (Å²) in [6.07, 6.45) is 1.30. The highest BCUT2D eigenvalue weighted by atomic mass is 35.5. The molecule has 0 aliphatic carbocycles. The number of hydrazone groups is 1. The van der Waals surface area contributed by atoms with Crippen LogP contribution in [0.4, 0.5) is 15.8 Å². The molecule has 3 aromatic carbocycles. The van der Waals surface area contributed by atoms with Gasteiger partial charge in [0.25, 0.3) is 5.91 Å². The maximum Gasteiger partial charge on any atom is 0.329 e.